The Morgan fingerprint density at radius 1 is 1.54 bits per heavy atom. The van der Waals surface area contributed by atoms with E-state index in [9.17, 15) is 9.82 Å². The minimum Gasteiger partial charge on any atom is -0.480 e. The molecule has 1 aliphatic rings. The lowest BCUT2D eigenvalue weighted by atomic mass is 9.82. The molecule has 1 saturated heterocycles. The molecule has 6 heteroatoms. The number of carboxylic acid groups (broad SMARTS) is 1. The second kappa shape index (κ2) is 4.08. The predicted octanol–water partition coefficient (Wildman–Crippen LogP) is -1.20. The second-order valence-corrected chi connectivity index (χ2v) is 3.49. The van der Waals surface area contributed by atoms with E-state index in [1.165, 1.54) is 0 Å². The molecule has 0 unspecified atom stereocenters. The van der Waals surface area contributed by atoms with Gasteiger partial charge in [0, 0.05) is 19.6 Å². The topological polar surface area (TPSA) is 64.0 Å². The summed E-state index contributed by atoms with van der Waals surface area (Å²) in [5, 5.41) is 18.2. The summed E-state index contributed by atoms with van der Waals surface area (Å²) >= 11 is 0. The van der Waals surface area contributed by atoms with Crippen LogP contribution in [0.5, 0.6) is 0 Å². The standard InChI is InChI=1S/C7H15BN2O3/c1-8(13)10-4-3-9(2)5-6(10)7(11)12/h6,13H,3-5H2,1-2H3,(H,11,12)/t6-/m1/s1. The summed E-state index contributed by atoms with van der Waals surface area (Å²) < 4.78 is 0. The van der Waals surface area contributed by atoms with Crippen LogP contribution in [0.25, 0.3) is 0 Å². The van der Waals surface area contributed by atoms with Crippen LogP contribution in [0, 0.1) is 0 Å². The average molecular weight is 186 g/mol. The maximum atomic E-state index is 10.8. The number of aliphatic carboxylic acids is 1. The van der Waals surface area contributed by atoms with Gasteiger partial charge in [0.15, 0.2) is 0 Å². The van der Waals surface area contributed by atoms with Crippen molar-refractivity contribution in [3.8, 4) is 0 Å². The van der Waals surface area contributed by atoms with Gasteiger partial charge in [-0.3, -0.25) is 4.79 Å². The molecular weight excluding hydrogens is 171 g/mol. The first kappa shape index (κ1) is 10.5. The van der Waals surface area contributed by atoms with E-state index in [1.807, 2.05) is 11.9 Å². The van der Waals surface area contributed by atoms with Crippen molar-refractivity contribution in [2.24, 2.45) is 0 Å². The molecule has 0 bridgehead atoms. The van der Waals surface area contributed by atoms with E-state index in [0.717, 1.165) is 6.54 Å². The number of piperazine rings is 1. The molecule has 1 heterocycles. The third-order valence-corrected chi connectivity index (χ3v) is 2.39. The molecule has 1 rings (SSSR count). The highest BCUT2D eigenvalue weighted by molar-refractivity contribution is 6.45. The Bertz CT molecular complexity index is 200. The van der Waals surface area contributed by atoms with Gasteiger partial charge in [-0.1, -0.05) is 0 Å². The smallest absolute Gasteiger partial charge is 0.377 e. The van der Waals surface area contributed by atoms with Crippen molar-refractivity contribution in [1.82, 2.24) is 9.71 Å². The third kappa shape index (κ3) is 2.43. The molecule has 0 aromatic carbocycles. The first-order valence-electron chi connectivity index (χ1n) is 4.37. The molecule has 1 atom stereocenters. The Balaban J connectivity index is 2.66. The van der Waals surface area contributed by atoms with Crippen molar-refractivity contribution in [1.29, 1.82) is 0 Å². The van der Waals surface area contributed by atoms with Crippen LogP contribution in [0.1, 0.15) is 0 Å². The van der Waals surface area contributed by atoms with Crippen LogP contribution in [0.15, 0.2) is 0 Å². The highest BCUT2D eigenvalue weighted by atomic mass is 16.4. The fraction of sp³-hybridized carbons (Fsp3) is 0.857. The van der Waals surface area contributed by atoms with Crippen molar-refractivity contribution in [3.05, 3.63) is 0 Å². The van der Waals surface area contributed by atoms with E-state index < -0.39 is 19.1 Å². The van der Waals surface area contributed by atoms with Gasteiger partial charge < -0.3 is 19.8 Å². The van der Waals surface area contributed by atoms with Gasteiger partial charge >= 0.3 is 13.0 Å². The third-order valence-electron chi connectivity index (χ3n) is 2.39. The van der Waals surface area contributed by atoms with Gasteiger partial charge in [-0.2, -0.15) is 0 Å². The fourth-order valence-electron chi connectivity index (χ4n) is 1.60. The van der Waals surface area contributed by atoms with Gasteiger partial charge in [0.05, 0.1) is 0 Å². The predicted molar refractivity (Wildman–Crippen MR) is 49.5 cm³/mol. The number of nitrogens with zero attached hydrogens (tertiary/aromatic N) is 2. The molecular formula is C7H15BN2O3. The SMILES string of the molecule is CB(O)N1CCN(C)C[C@@H]1C(=O)O. The summed E-state index contributed by atoms with van der Waals surface area (Å²) in [6.45, 7) is 3.47. The van der Waals surface area contributed by atoms with E-state index in [4.69, 9.17) is 5.11 Å². The summed E-state index contributed by atoms with van der Waals surface area (Å²) in [5.74, 6) is -0.868. The number of carbonyl (C=O) groups is 1. The zero-order valence-electron chi connectivity index (χ0n) is 7.97. The highest BCUT2D eigenvalue weighted by Gasteiger charge is 2.34. The Morgan fingerprint density at radius 2 is 2.15 bits per heavy atom. The minimum atomic E-state index is -0.868. The van der Waals surface area contributed by atoms with E-state index in [2.05, 4.69) is 0 Å². The molecule has 0 radical (unpaired) electrons. The summed E-state index contributed by atoms with van der Waals surface area (Å²) in [4.78, 5) is 14.4. The molecule has 5 nitrogen and oxygen atoms in total. The molecule has 2 N–H and O–H groups in total. The molecule has 0 spiro atoms. The van der Waals surface area contributed by atoms with Gasteiger partial charge in [0.2, 0.25) is 0 Å². The van der Waals surface area contributed by atoms with E-state index in [1.54, 1.807) is 11.6 Å². The van der Waals surface area contributed by atoms with Crippen LogP contribution in [0.3, 0.4) is 0 Å². The number of hydrogen-bond acceptors (Lipinski definition) is 4. The first-order valence-corrected chi connectivity index (χ1v) is 4.37. The zero-order valence-corrected chi connectivity index (χ0v) is 7.97. The summed E-state index contributed by atoms with van der Waals surface area (Å²) in [6, 6.07) is -0.584. The molecule has 74 valence electrons. The monoisotopic (exact) mass is 186 g/mol. The average Bonchev–Trinajstić information content (AvgIpc) is 2.03. The van der Waals surface area contributed by atoms with Crippen molar-refractivity contribution >= 4 is 13.0 Å². The van der Waals surface area contributed by atoms with E-state index >= 15 is 0 Å². The maximum absolute atomic E-state index is 10.8. The lowest BCUT2D eigenvalue weighted by molar-refractivity contribution is -0.143. The van der Waals surface area contributed by atoms with Gasteiger partial charge in [-0.25, -0.2) is 0 Å². The summed E-state index contributed by atoms with van der Waals surface area (Å²) in [6.07, 6.45) is 0. The lowest BCUT2D eigenvalue weighted by Crippen LogP contribution is -2.59. The first-order chi connectivity index (χ1) is 6.02. The Kier molecular flexibility index (Phi) is 3.30. The summed E-state index contributed by atoms with van der Waals surface area (Å²) in [5.41, 5.74) is 0. The van der Waals surface area contributed by atoms with Gasteiger partial charge in [-0.15, -0.1) is 0 Å². The second-order valence-electron chi connectivity index (χ2n) is 3.49. The van der Waals surface area contributed by atoms with E-state index in [-0.39, 0.29) is 0 Å². The Labute approximate surface area is 78.1 Å². The van der Waals surface area contributed by atoms with Crippen molar-refractivity contribution < 1.29 is 14.9 Å². The number of likely N-dealkylation sites (N-methyl/N-ethyl adjacent to an activating group) is 1. The maximum Gasteiger partial charge on any atom is 0.377 e. The number of rotatable bonds is 2. The molecule has 0 aromatic rings. The van der Waals surface area contributed by atoms with Gasteiger partial charge in [0.25, 0.3) is 0 Å². The van der Waals surface area contributed by atoms with Crippen LogP contribution in [0.4, 0.5) is 0 Å². The lowest BCUT2D eigenvalue weighted by Gasteiger charge is -2.38. The Morgan fingerprint density at radius 3 is 2.62 bits per heavy atom. The Hall–Kier alpha value is -0.585. The zero-order chi connectivity index (χ0) is 10.0. The fourth-order valence-corrected chi connectivity index (χ4v) is 1.60. The molecule has 0 saturated carbocycles. The van der Waals surface area contributed by atoms with Crippen molar-refractivity contribution in [2.45, 2.75) is 12.9 Å². The highest BCUT2D eigenvalue weighted by Crippen LogP contribution is 2.09. The van der Waals surface area contributed by atoms with Crippen LogP contribution in [-0.4, -0.2) is 65.6 Å². The van der Waals surface area contributed by atoms with E-state index in [0.29, 0.717) is 13.1 Å². The molecule has 0 aliphatic carbocycles. The molecule has 1 aliphatic heterocycles. The summed E-state index contributed by atoms with van der Waals surface area (Å²) in [7, 11) is 1.20. The van der Waals surface area contributed by atoms with Crippen LogP contribution in [-0.2, 0) is 4.79 Å². The van der Waals surface area contributed by atoms with Crippen LogP contribution in [0.2, 0.25) is 6.82 Å². The minimum absolute atomic E-state index is 0.472. The van der Waals surface area contributed by atoms with Crippen LogP contribution >= 0.6 is 0 Å². The molecule has 13 heavy (non-hydrogen) atoms. The number of carboxylic acids is 1. The quantitative estimate of drug-likeness (QED) is 0.530. The molecule has 0 aromatic heterocycles. The van der Waals surface area contributed by atoms with Gasteiger partial charge in [0.1, 0.15) is 6.04 Å². The van der Waals surface area contributed by atoms with Crippen LogP contribution < -0.4 is 0 Å². The van der Waals surface area contributed by atoms with Crippen molar-refractivity contribution in [2.75, 3.05) is 26.7 Å². The molecule has 0 amide bonds. The largest absolute Gasteiger partial charge is 0.480 e. The van der Waals surface area contributed by atoms with Crippen molar-refractivity contribution in [3.63, 3.8) is 0 Å². The van der Waals surface area contributed by atoms with Gasteiger partial charge in [-0.05, 0) is 13.9 Å². The molecule has 1 fully saturated rings. The normalized spacial score (nSPS) is 25.9. The number of hydrogen-bond donors (Lipinski definition) is 2.